The highest BCUT2D eigenvalue weighted by Gasteiger charge is 2.26. The molecule has 2 saturated heterocycles. The van der Waals surface area contributed by atoms with Gasteiger partial charge >= 0.3 is 0 Å². The minimum absolute atomic E-state index is 0.175. The van der Waals surface area contributed by atoms with Crippen LogP contribution in [0.2, 0.25) is 0 Å². The molecule has 4 nitrogen and oxygen atoms in total. The second kappa shape index (κ2) is 4.07. The summed E-state index contributed by atoms with van der Waals surface area (Å²) < 4.78 is 4.99. The zero-order chi connectivity index (χ0) is 9.10. The molecule has 1 atom stereocenters. The lowest BCUT2D eigenvalue weighted by molar-refractivity contribution is -0.129. The first-order chi connectivity index (χ1) is 6.36. The van der Waals surface area contributed by atoms with Crippen LogP contribution in [-0.4, -0.2) is 38.3 Å². The third-order valence-electron chi connectivity index (χ3n) is 2.65. The SMILES string of the molecule is O=C(NC1COC1)[C@@H]1CCCNC1. The van der Waals surface area contributed by atoms with Crippen molar-refractivity contribution in [2.75, 3.05) is 26.3 Å². The average molecular weight is 184 g/mol. The Hall–Kier alpha value is -0.610. The number of carbonyl (C=O) groups is 1. The number of piperidine rings is 1. The fourth-order valence-electron chi connectivity index (χ4n) is 1.71. The normalized spacial score (nSPS) is 29.4. The largest absolute Gasteiger partial charge is 0.377 e. The number of ether oxygens (including phenoxy) is 1. The molecule has 2 aliphatic rings. The van der Waals surface area contributed by atoms with Crippen LogP contribution in [0.4, 0.5) is 0 Å². The van der Waals surface area contributed by atoms with Crippen LogP contribution in [0.3, 0.4) is 0 Å². The molecule has 0 aromatic carbocycles. The number of nitrogens with one attached hydrogen (secondary N) is 2. The van der Waals surface area contributed by atoms with Gasteiger partial charge in [0.1, 0.15) is 0 Å². The first-order valence-electron chi connectivity index (χ1n) is 4.95. The Bertz CT molecular complexity index is 186. The summed E-state index contributed by atoms with van der Waals surface area (Å²) in [5.41, 5.74) is 0. The van der Waals surface area contributed by atoms with Gasteiger partial charge in [-0.2, -0.15) is 0 Å². The van der Waals surface area contributed by atoms with Crippen molar-refractivity contribution in [2.24, 2.45) is 5.92 Å². The zero-order valence-corrected chi connectivity index (χ0v) is 7.71. The van der Waals surface area contributed by atoms with Gasteiger partial charge in [-0.1, -0.05) is 0 Å². The average Bonchev–Trinajstić information content (AvgIpc) is 2.12. The molecule has 1 amide bonds. The Morgan fingerprint density at radius 3 is 2.85 bits per heavy atom. The molecule has 0 aliphatic carbocycles. The summed E-state index contributed by atoms with van der Waals surface area (Å²) in [6.07, 6.45) is 2.13. The first kappa shape index (κ1) is 8.97. The summed E-state index contributed by atoms with van der Waals surface area (Å²) in [5, 5.41) is 6.22. The summed E-state index contributed by atoms with van der Waals surface area (Å²) in [6.45, 7) is 3.26. The van der Waals surface area contributed by atoms with Gasteiger partial charge in [0.15, 0.2) is 0 Å². The molecular formula is C9H16N2O2. The molecule has 74 valence electrons. The molecule has 0 saturated carbocycles. The number of amides is 1. The van der Waals surface area contributed by atoms with Crippen molar-refractivity contribution in [3.63, 3.8) is 0 Å². The molecule has 0 radical (unpaired) electrons. The molecule has 2 aliphatic heterocycles. The third kappa shape index (κ3) is 2.19. The standard InChI is InChI=1S/C9H16N2O2/c12-9(11-8-5-13-6-8)7-2-1-3-10-4-7/h7-8,10H,1-6H2,(H,11,12)/t7-/m1/s1. The van der Waals surface area contributed by atoms with Gasteiger partial charge in [0.25, 0.3) is 0 Å². The first-order valence-corrected chi connectivity index (χ1v) is 4.95. The van der Waals surface area contributed by atoms with Gasteiger partial charge in [0.2, 0.25) is 5.91 Å². The van der Waals surface area contributed by atoms with E-state index in [1.165, 1.54) is 0 Å². The maximum absolute atomic E-state index is 11.6. The number of rotatable bonds is 2. The highest BCUT2D eigenvalue weighted by Crippen LogP contribution is 2.11. The van der Waals surface area contributed by atoms with Gasteiger partial charge in [0.05, 0.1) is 25.2 Å². The van der Waals surface area contributed by atoms with Gasteiger partial charge in [0, 0.05) is 6.54 Å². The van der Waals surface area contributed by atoms with Crippen molar-refractivity contribution in [2.45, 2.75) is 18.9 Å². The van der Waals surface area contributed by atoms with E-state index < -0.39 is 0 Å². The Kier molecular flexibility index (Phi) is 2.80. The van der Waals surface area contributed by atoms with Crippen molar-refractivity contribution in [3.05, 3.63) is 0 Å². The number of hydrogen-bond acceptors (Lipinski definition) is 3. The second-order valence-electron chi connectivity index (χ2n) is 3.79. The molecule has 0 unspecified atom stereocenters. The Balaban J connectivity index is 1.74. The van der Waals surface area contributed by atoms with Crippen LogP contribution in [0.5, 0.6) is 0 Å². The third-order valence-corrected chi connectivity index (χ3v) is 2.65. The van der Waals surface area contributed by atoms with Crippen LogP contribution in [0.25, 0.3) is 0 Å². The van der Waals surface area contributed by atoms with E-state index in [0.717, 1.165) is 25.9 Å². The van der Waals surface area contributed by atoms with Crippen LogP contribution in [0, 0.1) is 5.92 Å². The zero-order valence-electron chi connectivity index (χ0n) is 7.71. The molecule has 0 aromatic rings. The monoisotopic (exact) mass is 184 g/mol. The van der Waals surface area contributed by atoms with Crippen molar-refractivity contribution in [1.82, 2.24) is 10.6 Å². The smallest absolute Gasteiger partial charge is 0.224 e. The van der Waals surface area contributed by atoms with Gasteiger partial charge in [-0.15, -0.1) is 0 Å². The van der Waals surface area contributed by atoms with Crippen LogP contribution >= 0.6 is 0 Å². The summed E-state index contributed by atoms with van der Waals surface area (Å²) in [4.78, 5) is 11.6. The van der Waals surface area contributed by atoms with E-state index in [1.54, 1.807) is 0 Å². The van der Waals surface area contributed by atoms with E-state index in [1.807, 2.05) is 0 Å². The van der Waals surface area contributed by atoms with Crippen molar-refractivity contribution >= 4 is 5.91 Å². The van der Waals surface area contributed by atoms with Crippen molar-refractivity contribution in [3.8, 4) is 0 Å². The summed E-state index contributed by atoms with van der Waals surface area (Å²) in [5.74, 6) is 0.370. The van der Waals surface area contributed by atoms with Gasteiger partial charge in [-0.05, 0) is 19.4 Å². The molecule has 13 heavy (non-hydrogen) atoms. The van der Waals surface area contributed by atoms with Gasteiger partial charge < -0.3 is 15.4 Å². The second-order valence-corrected chi connectivity index (χ2v) is 3.79. The van der Waals surface area contributed by atoms with Crippen molar-refractivity contribution in [1.29, 1.82) is 0 Å². The van der Waals surface area contributed by atoms with E-state index in [0.29, 0.717) is 13.2 Å². The molecule has 2 fully saturated rings. The van der Waals surface area contributed by atoms with Gasteiger partial charge in [-0.25, -0.2) is 0 Å². The minimum Gasteiger partial charge on any atom is -0.377 e. The van der Waals surface area contributed by atoms with E-state index >= 15 is 0 Å². The summed E-state index contributed by atoms with van der Waals surface area (Å²) in [7, 11) is 0. The molecule has 0 aromatic heterocycles. The van der Waals surface area contributed by atoms with Crippen molar-refractivity contribution < 1.29 is 9.53 Å². The Labute approximate surface area is 78.0 Å². The van der Waals surface area contributed by atoms with Crippen LogP contribution < -0.4 is 10.6 Å². The topological polar surface area (TPSA) is 50.4 Å². The fraction of sp³-hybridized carbons (Fsp3) is 0.889. The maximum atomic E-state index is 11.6. The van der Waals surface area contributed by atoms with Crippen LogP contribution in [-0.2, 0) is 9.53 Å². The highest BCUT2D eigenvalue weighted by molar-refractivity contribution is 5.79. The quantitative estimate of drug-likeness (QED) is 0.608. The molecule has 0 spiro atoms. The van der Waals surface area contributed by atoms with Crippen LogP contribution in [0.15, 0.2) is 0 Å². The fourth-order valence-corrected chi connectivity index (χ4v) is 1.71. The van der Waals surface area contributed by atoms with Crippen LogP contribution in [0.1, 0.15) is 12.8 Å². The molecule has 2 rings (SSSR count). The number of hydrogen-bond donors (Lipinski definition) is 2. The predicted octanol–water partition coefficient (Wildman–Crippen LogP) is -0.499. The molecule has 0 bridgehead atoms. The lowest BCUT2D eigenvalue weighted by atomic mass is 9.98. The summed E-state index contributed by atoms with van der Waals surface area (Å²) >= 11 is 0. The van der Waals surface area contributed by atoms with E-state index in [4.69, 9.17) is 4.74 Å². The van der Waals surface area contributed by atoms with E-state index in [9.17, 15) is 4.79 Å². The highest BCUT2D eigenvalue weighted by atomic mass is 16.5. The molecule has 2 heterocycles. The van der Waals surface area contributed by atoms with E-state index in [2.05, 4.69) is 10.6 Å². The Morgan fingerprint density at radius 1 is 1.46 bits per heavy atom. The van der Waals surface area contributed by atoms with E-state index in [-0.39, 0.29) is 17.9 Å². The lowest BCUT2D eigenvalue weighted by Crippen LogP contribution is -2.52. The minimum atomic E-state index is 0.175. The molecular weight excluding hydrogens is 168 g/mol. The van der Waals surface area contributed by atoms with Gasteiger partial charge in [-0.3, -0.25) is 4.79 Å². The summed E-state index contributed by atoms with van der Waals surface area (Å²) in [6, 6.07) is 0.273. The molecule has 2 N–H and O–H groups in total. The number of carbonyl (C=O) groups excluding carboxylic acids is 1. The lowest BCUT2D eigenvalue weighted by Gasteiger charge is -2.30. The Morgan fingerprint density at radius 2 is 2.31 bits per heavy atom. The predicted molar refractivity (Wildman–Crippen MR) is 48.3 cm³/mol. The maximum Gasteiger partial charge on any atom is 0.224 e. The molecule has 4 heteroatoms.